The second kappa shape index (κ2) is 8.12. The van der Waals surface area contributed by atoms with Crippen molar-refractivity contribution in [2.75, 3.05) is 26.8 Å². The number of hydrogen-bond donors (Lipinski definition) is 0. The van der Waals surface area contributed by atoms with Crippen molar-refractivity contribution in [2.45, 2.75) is 26.8 Å². The third kappa shape index (κ3) is 4.69. The van der Waals surface area contributed by atoms with E-state index in [9.17, 15) is 9.18 Å². The first-order valence-corrected chi connectivity index (χ1v) is 6.99. The number of rotatable bonds is 8. The maximum atomic E-state index is 13.6. The maximum Gasteiger partial charge on any atom is 0.169 e. The number of ketones is 1. The lowest BCUT2D eigenvalue weighted by Gasteiger charge is -2.28. The van der Waals surface area contributed by atoms with Crippen molar-refractivity contribution in [1.29, 1.82) is 0 Å². The topological polar surface area (TPSA) is 29.5 Å². The van der Waals surface area contributed by atoms with Crippen molar-refractivity contribution in [3.8, 4) is 0 Å². The van der Waals surface area contributed by atoms with Gasteiger partial charge < -0.3 is 4.74 Å². The minimum absolute atomic E-state index is 0.147. The summed E-state index contributed by atoms with van der Waals surface area (Å²) in [6.07, 6.45) is 0. The molecule has 0 aliphatic heterocycles. The van der Waals surface area contributed by atoms with Crippen LogP contribution >= 0.6 is 0 Å². The fourth-order valence-corrected chi connectivity index (χ4v) is 2.13. The molecule has 4 heteroatoms. The molecule has 20 heavy (non-hydrogen) atoms. The van der Waals surface area contributed by atoms with E-state index in [-0.39, 0.29) is 17.3 Å². The molecule has 1 aromatic rings. The number of carbonyl (C=O) groups excluding carboxylic acids is 1. The van der Waals surface area contributed by atoms with Crippen molar-refractivity contribution in [3.63, 3.8) is 0 Å². The highest BCUT2D eigenvalue weighted by atomic mass is 19.1. The summed E-state index contributed by atoms with van der Waals surface area (Å²) in [7, 11) is 1.66. The number of benzene rings is 1. The van der Waals surface area contributed by atoms with Gasteiger partial charge in [0.15, 0.2) is 5.78 Å². The van der Waals surface area contributed by atoms with Crippen LogP contribution in [0.1, 0.15) is 31.1 Å². The highest BCUT2D eigenvalue weighted by Crippen LogP contribution is 2.15. The van der Waals surface area contributed by atoms with Crippen molar-refractivity contribution >= 4 is 5.78 Å². The normalized spacial score (nSPS) is 12.9. The molecular formula is C16H24FNO2. The predicted octanol–water partition coefficient (Wildman–Crippen LogP) is 3.00. The number of hydrogen-bond acceptors (Lipinski definition) is 3. The third-order valence-electron chi connectivity index (χ3n) is 3.41. The van der Waals surface area contributed by atoms with Crippen LogP contribution in [-0.4, -0.2) is 43.5 Å². The Morgan fingerprint density at radius 1 is 1.30 bits per heavy atom. The van der Waals surface area contributed by atoms with Crippen molar-refractivity contribution in [2.24, 2.45) is 5.92 Å². The average molecular weight is 281 g/mol. The molecule has 0 saturated heterocycles. The Hall–Kier alpha value is -1.26. The first-order valence-electron chi connectivity index (χ1n) is 6.99. The Morgan fingerprint density at radius 2 is 1.95 bits per heavy atom. The quantitative estimate of drug-likeness (QED) is 0.686. The second-order valence-electron chi connectivity index (χ2n) is 5.33. The molecule has 0 N–H and O–H groups in total. The zero-order valence-electron chi connectivity index (χ0n) is 12.7. The SMILES string of the molecule is COCCN(CC(C)C(=O)c1ccccc1F)C(C)C. The van der Waals surface area contributed by atoms with E-state index in [0.29, 0.717) is 19.2 Å². The molecule has 112 valence electrons. The minimum atomic E-state index is -0.447. The van der Waals surface area contributed by atoms with Crippen LogP contribution in [0, 0.1) is 11.7 Å². The molecule has 1 atom stereocenters. The average Bonchev–Trinajstić information content (AvgIpc) is 2.42. The maximum absolute atomic E-state index is 13.6. The van der Waals surface area contributed by atoms with Gasteiger partial charge in [0.25, 0.3) is 0 Å². The van der Waals surface area contributed by atoms with Gasteiger partial charge in [0.2, 0.25) is 0 Å². The van der Waals surface area contributed by atoms with Gasteiger partial charge in [-0.3, -0.25) is 9.69 Å². The van der Waals surface area contributed by atoms with Gasteiger partial charge in [-0.25, -0.2) is 4.39 Å². The standard InChI is InChI=1S/C16H24FNO2/c1-12(2)18(9-10-20-4)11-13(3)16(19)14-7-5-6-8-15(14)17/h5-8,12-13H,9-11H2,1-4H3. The van der Waals surface area contributed by atoms with Crippen LogP contribution in [-0.2, 0) is 4.74 Å². The number of nitrogens with zero attached hydrogens (tertiary/aromatic N) is 1. The van der Waals surface area contributed by atoms with Crippen molar-refractivity contribution < 1.29 is 13.9 Å². The summed E-state index contributed by atoms with van der Waals surface area (Å²) in [5.74, 6) is -0.838. The summed E-state index contributed by atoms with van der Waals surface area (Å²) in [6.45, 7) is 8.00. The Bertz CT molecular complexity index is 434. The molecule has 0 spiro atoms. The Kier molecular flexibility index (Phi) is 6.82. The molecule has 0 aliphatic carbocycles. The lowest BCUT2D eigenvalue weighted by Crippen LogP contribution is -2.39. The minimum Gasteiger partial charge on any atom is -0.383 e. The van der Waals surface area contributed by atoms with E-state index in [0.717, 1.165) is 6.54 Å². The van der Waals surface area contributed by atoms with E-state index in [1.54, 1.807) is 25.3 Å². The van der Waals surface area contributed by atoms with Crippen LogP contribution < -0.4 is 0 Å². The van der Waals surface area contributed by atoms with E-state index in [4.69, 9.17) is 4.74 Å². The van der Waals surface area contributed by atoms with Crippen molar-refractivity contribution in [3.05, 3.63) is 35.6 Å². The highest BCUT2D eigenvalue weighted by molar-refractivity contribution is 5.98. The number of ether oxygens (including phenoxy) is 1. The molecule has 0 radical (unpaired) electrons. The number of carbonyl (C=O) groups is 1. The Morgan fingerprint density at radius 3 is 2.50 bits per heavy atom. The van der Waals surface area contributed by atoms with E-state index >= 15 is 0 Å². The third-order valence-corrected chi connectivity index (χ3v) is 3.41. The first kappa shape index (κ1) is 16.8. The van der Waals surface area contributed by atoms with E-state index in [1.807, 2.05) is 6.92 Å². The molecule has 0 heterocycles. The first-order chi connectivity index (χ1) is 9.47. The molecule has 0 bridgehead atoms. The summed E-state index contributed by atoms with van der Waals surface area (Å²) in [5, 5.41) is 0. The van der Waals surface area contributed by atoms with Crippen LogP contribution in [0.5, 0.6) is 0 Å². The summed E-state index contributed by atoms with van der Waals surface area (Å²) >= 11 is 0. The molecule has 1 rings (SSSR count). The molecule has 1 aromatic carbocycles. The summed E-state index contributed by atoms with van der Waals surface area (Å²) in [4.78, 5) is 14.5. The molecule has 3 nitrogen and oxygen atoms in total. The van der Waals surface area contributed by atoms with Gasteiger partial charge in [0.1, 0.15) is 5.82 Å². The summed E-state index contributed by atoms with van der Waals surface area (Å²) < 4.78 is 18.7. The lowest BCUT2D eigenvalue weighted by molar-refractivity contribution is 0.0829. The van der Waals surface area contributed by atoms with E-state index in [2.05, 4.69) is 18.7 Å². The highest BCUT2D eigenvalue weighted by Gasteiger charge is 2.22. The molecule has 0 saturated carbocycles. The molecule has 0 fully saturated rings. The summed E-state index contributed by atoms with van der Waals surface area (Å²) in [6, 6.07) is 6.47. The van der Waals surface area contributed by atoms with E-state index < -0.39 is 5.82 Å². The van der Waals surface area contributed by atoms with Gasteiger partial charge in [0, 0.05) is 32.2 Å². The molecule has 1 unspecified atom stereocenters. The van der Waals surface area contributed by atoms with Crippen molar-refractivity contribution in [1.82, 2.24) is 4.90 Å². The van der Waals surface area contributed by atoms with Gasteiger partial charge in [-0.2, -0.15) is 0 Å². The molecule has 0 amide bonds. The van der Waals surface area contributed by atoms with Crippen LogP contribution in [0.2, 0.25) is 0 Å². The van der Waals surface area contributed by atoms with Crippen LogP contribution in [0.25, 0.3) is 0 Å². The molecule has 0 aromatic heterocycles. The van der Waals surface area contributed by atoms with Crippen LogP contribution in [0.4, 0.5) is 4.39 Å². The predicted molar refractivity (Wildman–Crippen MR) is 78.5 cm³/mol. The lowest BCUT2D eigenvalue weighted by atomic mass is 9.98. The summed E-state index contributed by atoms with van der Waals surface area (Å²) in [5.41, 5.74) is 0.176. The number of methoxy groups -OCH3 is 1. The van der Waals surface area contributed by atoms with Crippen LogP contribution in [0.15, 0.2) is 24.3 Å². The fourth-order valence-electron chi connectivity index (χ4n) is 2.13. The number of Topliss-reactive ketones (excluding diaryl/α,β-unsaturated/α-hetero) is 1. The van der Waals surface area contributed by atoms with E-state index in [1.165, 1.54) is 6.07 Å². The zero-order chi connectivity index (χ0) is 15.1. The monoisotopic (exact) mass is 281 g/mol. The Balaban J connectivity index is 2.71. The largest absolute Gasteiger partial charge is 0.383 e. The van der Waals surface area contributed by atoms with Crippen LogP contribution in [0.3, 0.4) is 0 Å². The van der Waals surface area contributed by atoms with Gasteiger partial charge >= 0.3 is 0 Å². The fraction of sp³-hybridized carbons (Fsp3) is 0.562. The molecule has 0 aliphatic rings. The molecular weight excluding hydrogens is 257 g/mol. The Labute approximate surface area is 120 Å². The second-order valence-corrected chi connectivity index (χ2v) is 5.33. The van der Waals surface area contributed by atoms with Gasteiger partial charge in [-0.15, -0.1) is 0 Å². The van der Waals surface area contributed by atoms with Gasteiger partial charge in [-0.05, 0) is 26.0 Å². The number of halogens is 1. The zero-order valence-corrected chi connectivity index (χ0v) is 12.7. The van der Waals surface area contributed by atoms with Gasteiger partial charge in [0.05, 0.1) is 12.2 Å². The smallest absolute Gasteiger partial charge is 0.169 e. The van der Waals surface area contributed by atoms with Gasteiger partial charge in [-0.1, -0.05) is 19.1 Å².